The molecule has 23 heavy (non-hydrogen) atoms. The first-order valence-electron chi connectivity index (χ1n) is 7.55. The molecule has 2 aromatic rings. The predicted octanol–water partition coefficient (Wildman–Crippen LogP) is 3.47. The molecule has 0 aliphatic carbocycles. The Morgan fingerprint density at radius 2 is 1.96 bits per heavy atom. The van der Waals surface area contributed by atoms with Crippen molar-refractivity contribution in [1.29, 1.82) is 0 Å². The summed E-state index contributed by atoms with van der Waals surface area (Å²) in [7, 11) is 1.71. The van der Waals surface area contributed by atoms with E-state index in [1.807, 2.05) is 37.3 Å². The van der Waals surface area contributed by atoms with Gasteiger partial charge in [0.1, 0.15) is 11.7 Å². The number of benzene rings is 2. The smallest absolute Gasteiger partial charge is 0.256 e. The lowest BCUT2D eigenvalue weighted by Crippen LogP contribution is -2.40. The molecule has 1 aliphatic rings. The van der Waals surface area contributed by atoms with Crippen LogP contribution in [0.4, 0.5) is 15.8 Å². The molecule has 0 bridgehead atoms. The number of carbonyl (C=O) groups is 1. The number of hydrogen-bond donors (Lipinski definition) is 0. The fourth-order valence-corrected chi connectivity index (χ4v) is 2.71. The number of fused-ring (bicyclic) bond motifs is 1. The molecule has 0 spiro atoms. The molecule has 0 N–H and O–H groups in total. The van der Waals surface area contributed by atoms with Crippen LogP contribution in [0, 0.1) is 5.82 Å². The van der Waals surface area contributed by atoms with E-state index in [1.165, 1.54) is 12.1 Å². The van der Waals surface area contributed by atoms with Crippen LogP contribution < -0.4 is 4.90 Å². The lowest BCUT2D eigenvalue weighted by atomic mass is 10.1. The van der Waals surface area contributed by atoms with Crippen molar-refractivity contribution in [2.45, 2.75) is 6.92 Å². The summed E-state index contributed by atoms with van der Waals surface area (Å²) in [4.78, 5) is 20.7. The van der Waals surface area contributed by atoms with E-state index in [0.29, 0.717) is 17.8 Å². The minimum absolute atomic E-state index is 0.220. The van der Waals surface area contributed by atoms with Crippen molar-refractivity contribution >= 4 is 23.1 Å². The van der Waals surface area contributed by atoms with Crippen LogP contribution in [0.15, 0.2) is 53.5 Å². The van der Waals surface area contributed by atoms with E-state index in [0.717, 1.165) is 18.1 Å². The number of likely N-dealkylation sites (N-methyl/N-ethyl adjacent to an activating group) is 2. The zero-order chi connectivity index (χ0) is 16.4. The van der Waals surface area contributed by atoms with Crippen LogP contribution >= 0.6 is 0 Å². The van der Waals surface area contributed by atoms with Crippen molar-refractivity contribution in [1.82, 2.24) is 4.90 Å². The van der Waals surface area contributed by atoms with Gasteiger partial charge in [-0.2, -0.15) is 0 Å². The molecule has 0 aromatic heterocycles. The van der Waals surface area contributed by atoms with Crippen LogP contribution in [0.1, 0.15) is 17.3 Å². The van der Waals surface area contributed by atoms with Crippen LogP contribution in [-0.4, -0.2) is 36.8 Å². The molecule has 2 aromatic carbocycles. The van der Waals surface area contributed by atoms with Crippen LogP contribution in [0.2, 0.25) is 0 Å². The number of para-hydroxylation sites is 1. The Kier molecular flexibility index (Phi) is 4.10. The number of halogens is 1. The minimum atomic E-state index is -0.431. The Bertz CT molecular complexity index is 758. The summed E-state index contributed by atoms with van der Waals surface area (Å²) >= 11 is 0. The highest BCUT2D eigenvalue weighted by atomic mass is 19.1. The first-order valence-corrected chi connectivity index (χ1v) is 7.55. The SMILES string of the molecule is CCN(C1=Nc2ccc(F)cc2C(=O)N(C)C1)c1ccccc1. The summed E-state index contributed by atoms with van der Waals surface area (Å²) in [5.41, 5.74) is 1.82. The van der Waals surface area contributed by atoms with Gasteiger partial charge in [0.25, 0.3) is 5.91 Å². The van der Waals surface area contributed by atoms with Gasteiger partial charge in [-0.25, -0.2) is 9.38 Å². The van der Waals surface area contributed by atoms with Gasteiger partial charge in [0, 0.05) is 19.3 Å². The second-order valence-electron chi connectivity index (χ2n) is 5.43. The van der Waals surface area contributed by atoms with Crippen molar-refractivity contribution < 1.29 is 9.18 Å². The second-order valence-corrected chi connectivity index (χ2v) is 5.43. The lowest BCUT2D eigenvalue weighted by Gasteiger charge is -2.26. The largest absolute Gasteiger partial charge is 0.334 e. The molecule has 0 saturated carbocycles. The highest BCUT2D eigenvalue weighted by Crippen LogP contribution is 2.26. The molecule has 4 nitrogen and oxygen atoms in total. The van der Waals surface area contributed by atoms with Crippen molar-refractivity contribution in [3.63, 3.8) is 0 Å². The number of amides is 1. The monoisotopic (exact) mass is 311 g/mol. The summed E-state index contributed by atoms with van der Waals surface area (Å²) < 4.78 is 13.5. The summed E-state index contributed by atoms with van der Waals surface area (Å²) in [6, 6.07) is 14.0. The average Bonchev–Trinajstić information content (AvgIpc) is 2.68. The highest BCUT2D eigenvalue weighted by molar-refractivity contribution is 6.08. The molecule has 5 heteroatoms. The fourth-order valence-electron chi connectivity index (χ4n) is 2.71. The minimum Gasteiger partial charge on any atom is -0.334 e. The summed E-state index contributed by atoms with van der Waals surface area (Å²) in [5, 5.41) is 0. The zero-order valence-corrected chi connectivity index (χ0v) is 13.2. The van der Waals surface area contributed by atoms with Gasteiger partial charge >= 0.3 is 0 Å². The average molecular weight is 311 g/mol. The lowest BCUT2D eigenvalue weighted by molar-refractivity contribution is 0.0816. The topological polar surface area (TPSA) is 35.9 Å². The molecule has 1 amide bonds. The van der Waals surface area contributed by atoms with Crippen LogP contribution in [0.25, 0.3) is 0 Å². The standard InChI is InChI=1S/C18H18FN3O/c1-3-22(14-7-5-4-6-8-14)17-12-21(2)18(23)15-11-13(19)9-10-16(15)20-17/h4-11H,3,12H2,1-2H3. The van der Waals surface area contributed by atoms with E-state index in [2.05, 4.69) is 9.89 Å². The molecule has 118 valence electrons. The molecule has 1 heterocycles. The molecule has 1 aliphatic heterocycles. The van der Waals surface area contributed by atoms with Gasteiger partial charge in [-0.3, -0.25) is 4.79 Å². The predicted molar refractivity (Wildman–Crippen MR) is 89.9 cm³/mol. The van der Waals surface area contributed by atoms with E-state index < -0.39 is 5.82 Å². The number of carbonyl (C=O) groups excluding carboxylic acids is 1. The molecule has 0 atom stereocenters. The molecule has 0 saturated heterocycles. The zero-order valence-electron chi connectivity index (χ0n) is 13.2. The van der Waals surface area contributed by atoms with Gasteiger partial charge in [0.05, 0.1) is 17.8 Å². The van der Waals surface area contributed by atoms with Gasteiger partial charge in [-0.1, -0.05) is 18.2 Å². The first-order chi connectivity index (χ1) is 11.1. The van der Waals surface area contributed by atoms with Crippen LogP contribution in [-0.2, 0) is 0 Å². The van der Waals surface area contributed by atoms with E-state index in [-0.39, 0.29) is 5.91 Å². The molecular formula is C18H18FN3O. The number of amidine groups is 1. The maximum absolute atomic E-state index is 13.5. The van der Waals surface area contributed by atoms with Crippen LogP contribution in [0.3, 0.4) is 0 Å². The van der Waals surface area contributed by atoms with Crippen molar-refractivity contribution in [3.05, 3.63) is 59.9 Å². The summed E-state index contributed by atoms with van der Waals surface area (Å²) in [6.45, 7) is 3.13. The third-order valence-electron chi connectivity index (χ3n) is 3.86. The number of nitrogens with zero attached hydrogens (tertiary/aromatic N) is 3. The molecular weight excluding hydrogens is 293 g/mol. The van der Waals surface area contributed by atoms with Crippen molar-refractivity contribution in [2.75, 3.05) is 25.0 Å². The summed E-state index contributed by atoms with van der Waals surface area (Å²) in [6.07, 6.45) is 0. The quantitative estimate of drug-likeness (QED) is 0.851. The Balaban J connectivity index is 2.08. The number of hydrogen-bond acceptors (Lipinski definition) is 3. The Hall–Kier alpha value is -2.69. The van der Waals surface area contributed by atoms with E-state index >= 15 is 0 Å². The molecule has 3 rings (SSSR count). The number of aliphatic imine (C=N–C) groups is 1. The number of anilines is 1. The van der Waals surface area contributed by atoms with Gasteiger partial charge in [0.2, 0.25) is 0 Å². The third kappa shape index (κ3) is 2.95. The maximum Gasteiger partial charge on any atom is 0.256 e. The maximum atomic E-state index is 13.5. The Morgan fingerprint density at radius 1 is 1.22 bits per heavy atom. The molecule has 0 unspecified atom stereocenters. The van der Waals surface area contributed by atoms with Gasteiger partial charge in [0.15, 0.2) is 0 Å². The van der Waals surface area contributed by atoms with Crippen molar-refractivity contribution in [3.8, 4) is 0 Å². The normalized spacial score (nSPS) is 14.1. The van der Waals surface area contributed by atoms with E-state index in [1.54, 1.807) is 18.0 Å². The van der Waals surface area contributed by atoms with E-state index in [9.17, 15) is 9.18 Å². The highest BCUT2D eigenvalue weighted by Gasteiger charge is 2.24. The van der Waals surface area contributed by atoms with E-state index in [4.69, 9.17) is 0 Å². The van der Waals surface area contributed by atoms with Gasteiger partial charge in [-0.05, 0) is 37.3 Å². The molecule has 0 fully saturated rings. The Labute approximate surface area is 134 Å². The van der Waals surface area contributed by atoms with Crippen molar-refractivity contribution in [2.24, 2.45) is 4.99 Å². The fraction of sp³-hybridized carbons (Fsp3) is 0.222. The van der Waals surface area contributed by atoms with Gasteiger partial charge < -0.3 is 9.80 Å². The molecule has 0 radical (unpaired) electrons. The first kappa shape index (κ1) is 15.2. The van der Waals surface area contributed by atoms with Crippen LogP contribution in [0.5, 0.6) is 0 Å². The van der Waals surface area contributed by atoms with Gasteiger partial charge in [-0.15, -0.1) is 0 Å². The third-order valence-corrected chi connectivity index (χ3v) is 3.86. The number of rotatable bonds is 2. The summed E-state index contributed by atoms with van der Waals surface area (Å²) in [5.74, 6) is 0.113. The Morgan fingerprint density at radius 3 is 2.65 bits per heavy atom. The second kappa shape index (κ2) is 6.20.